The summed E-state index contributed by atoms with van der Waals surface area (Å²) in [6, 6.07) is 37.5. The fourth-order valence-electron chi connectivity index (χ4n) is 4.82. The summed E-state index contributed by atoms with van der Waals surface area (Å²) in [5.74, 6) is -0.924. The third kappa shape index (κ3) is 7.97. The second kappa shape index (κ2) is 14.3. The van der Waals surface area contributed by atoms with Crippen LogP contribution < -0.4 is 0 Å². The Labute approximate surface area is 244 Å². The first kappa shape index (κ1) is 26.3. The second-order valence-electron chi connectivity index (χ2n) is 10.1. The molecule has 1 N–H and O–H groups in total. The third-order valence-electron chi connectivity index (χ3n) is 6.93. The van der Waals surface area contributed by atoms with E-state index in [-0.39, 0.29) is 26.4 Å². The zero-order valence-electron chi connectivity index (χ0n) is 24.8. The summed E-state index contributed by atoms with van der Waals surface area (Å²) in [5, 5.41) is 12.2. The molecule has 1 fully saturated rings. The highest BCUT2D eigenvalue weighted by Crippen LogP contribution is 2.35. The van der Waals surface area contributed by atoms with Gasteiger partial charge in [-0.05, 0) is 22.3 Å². The van der Waals surface area contributed by atoms with Crippen molar-refractivity contribution >= 4 is 5.78 Å². The number of hydrogen-bond donors (Lipinski definition) is 1. The van der Waals surface area contributed by atoms with E-state index in [1.54, 1.807) is 0 Å². The van der Waals surface area contributed by atoms with E-state index in [1.165, 1.54) is 0 Å². The van der Waals surface area contributed by atoms with Gasteiger partial charge < -0.3 is 24.1 Å². The van der Waals surface area contributed by atoms with Crippen LogP contribution >= 0.6 is 0 Å². The van der Waals surface area contributed by atoms with Gasteiger partial charge in [0.1, 0.15) is 23.9 Å². The van der Waals surface area contributed by atoms with E-state index in [1.807, 2.05) is 121 Å². The molecule has 212 valence electrons. The number of rotatable bonds is 13. The van der Waals surface area contributed by atoms with Crippen LogP contribution in [0.4, 0.5) is 0 Å². The van der Waals surface area contributed by atoms with Gasteiger partial charge in [0.25, 0.3) is 0 Å². The molecule has 0 heterocycles. The molecule has 5 rings (SSSR count). The lowest BCUT2D eigenvalue weighted by atomic mass is 9.78. The smallest absolute Gasteiger partial charge is 0.167 e. The first-order valence-electron chi connectivity index (χ1n) is 14.7. The number of ether oxygens (including phenoxy) is 4. The van der Waals surface area contributed by atoms with E-state index in [4.69, 9.17) is 21.7 Å². The van der Waals surface area contributed by atoms with Crippen molar-refractivity contribution in [1.82, 2.24) is 0 Å². The van der Waals surface area contributed by atoms with Gasteiger partial charge in [0.15, 0.2) is 5.78 Å². The zero-order chi connectivity index (χ0) is 30.1. The maximum Gasteiger partial charge on any atom is 0.167 e. The molecule has 0 unspecified atom stereocenters. The molecule has 6 nitrogen and oxygen atoms in total. The minimum Gasteiger partial charge on any atom is -0.384 e. The SMILES string of the molecule is [2H]C1([2H])C(=O)[C@H](OCc2ccccc2)[C@@H](OCc2ccccc2)[C@H](OCc2ccccc2)[C@@]1(O)COCc1ccccc1. The summed E-state index contributed by atoms with van der Waals surface area (Å²) < 4.78 is 42.6. The molecule has 6 heteroatoms. The molecule has 4 aromatic rings. The molecule has 0 spiro atoms. The van der Waals surface area contributed by atoms with Crippen molar-refractivity contribution in [3.63, 3.8) is 0 Å². The molecule has 4 atom stereocenters. The molecule has 0 saturated heterocycles. The average Bonchev–Trinajstić information content (AvgIpc) is 3.04. The minimum atomic E-state index is -2.78. The predicted octanol–water partition coefficient (Wildman–Crippen LogP) is 5.66. The van der Waals surface area contributed by atoms with Crippen molar-refractivity contribution in [2.45, 2.75) is 56.7 Å². The van der Waals surface area contributed by atoms with Gasteiger partial charge in [0.2, 0.25) is 0 Å². The van der Waals surface area contributed by atoms with Crippen LogP contribution in [0.2, 0.25) is 0 Å². The monoisotopic (exact) mass is 554 g/mol. The Morgan fingerprint density at radius 3 is 1.54 bits per heavy atom. The van der Waals surface area contributed by atoms with Crippen LogP contribution in [0, 0.1) is 0 Å². The molecular weight excluding hydrogens is 516 g/mol. The average molecular weight is 555 g/mol. The van der Waals surface area contributed by atoms with Crippen molar-refractivity contribution in [2.24, 2.45) is 0 Å². The Morgan fingerprint density at radius 2 is 1.05 bits per heavy atom. The van der Waals surface area contributed by atoms with Crippen molar-refractivity contribution < 1.29 is 31.6 Å². The van der Waals surface area contributed by atoms with Crippen LogP contribution in [0.1, 0.15) is 31.4 Å². The van der Waals surface area contributed by atoms with Crippen molar-refractivity contribution in [3.8, 4) is 0 Å². The molecule has 0 aliphatic heterocycles. The first-order chi connectivity index (χ1) is 20.9. The molecule has 0 bridgehead atoms. The lowest BCUT2D eigenvalue weighted by Crippen LogP contribution is -2.65. The van der Waals surface area contributed by atoms with E-state index in [0.717, 1.165) is 22.3 Å². The fourth-order valence-corrected chi connectivity index (χ4v) is 4.82. The normalized spacial score (nSPS) is 24.4. The van der Waals surface area contributed by atoms with Gasteiger partial charge in [-0.2, -0.15) is 0 Å². The maximum absolute atomic E-state index is 13.9. The lowest BCUT2D eigenvalue weighted by molar-refractivity contribution is -0.240. The number of hydrogen-bond acceptors (Lipinski definition) is 6. The number of ketones is 1. The summed E-state index contributed by atoms with van der Waals surface area (Å²) in [6.45, 7) is -0.196. The van der Waals surface area contributed by atoms with Crippen LogP contribution in [-0.2, 0) is 50.2 Å². The Kier molecular flexibility index (Phi) is 9.16. The summed E-state index contributed by atoms with van der Waals surface area (Å²) in [7, 11) is 0. The van der Waals surface area contributed by atoms with Crippen LogP contribution in [-0.4, -0.2) is 41.4 Å². The van der Waals surface area contributed by atoms with E-state index in [0.29, 0.717) is 0 Å². The molecule has 4 aromatic carbocycles. The van der Waals surface area contributed by atoms with Gasteiger partial charge in [0, 0.05) is 9.11 Å². The van der Waals surface area contributed by atoms with Gasteiger partial charge in [-0.3, -0.25) is 4.79 Å². The Hall–Kier alpha value is -3.65. The Bertz CT molecular complexity index is 1420. The highest BCUT2D eigenvalue weighted by atomic mass is 16.6. The van der Waals surface area contributed by atoms with Crippen LogP contribution in [0.15, 0.2) is 121 Å². The number of carbonyl (C=O) groups is 1. The Balaban J connectivity index is 1.48. The molecule has 1 aliphatic rings. The largest absolute Gasteiger partial charge is 0.384 e. The quantitative estimate of drug-likeness (QED) is 0.230. The molecule has 0 radical (unpaired) electrons. The van der Waals surface area contributed by atoms with Gasteiger partial charge in [-0.1, -0.05) is 121 Å². The molecule has 0 amide bonds. The van der Waals surface area contributed by atoms with Crippen LogP contribution in [0.25, 0.3) is 0 Å². The predicted molar refractivity (Wildman–Crippen MR) is 156 cm³/mol. The summed E-state index contributed by atoms with van der Waals surface area (Å²) in [4.78, 5) is 13.9. The topological polar surface area (TPSA) is 74.2 Å². The molecular formula is C35H36O6. The van der Waals surface area contributed by atoms with Gasteiger partial charge in [-0.25, -0.2) is 0 Å². The highest BCUT2D eigenvalue weighted by Gasteiger charge is 2.55. The third-order valence-corrected chi connectivity index (χ3v) is 6.93. The van der Waals surface area contributed by atoms with E-state index < -0.39 is 42.7 Å². The molecule has 1 saturated carbocycles. The Morgan fingerprint density at radius 1 is 0.634 bits per heavy atom. The standard InChI is InChI=1S/C35H36O6/c36-31-21-35(37,26-38-22-27-13-5-1-6-14-27)34(41-25-30-19-11-4-12-20-30)33(40-24-29-17-9-3-10-18-29)32(31)39-23-28-15-7-2-8-16-28/h1-20,32-34,37H,21-26H2/t32-,33+,34-,35-/m0/s1/i21D2. The minimum absolute atomic E-state index is 0.0485. The van der Waals surface area contributed by atoms with Crippen LogP contribution in [0.3, 0.4) is 0 Å². The number of carbonyl (C=O) groups excluding carboxylic acids is 1. The van der Waals surface area contributed by atoms with E-state index in [9.17, 15) is 9.90 Å². The second-order valence-corrected chi connectivity index (χ2v) is 10.1. The van der Waals surface area contributed by atoms with Crippen LogP contribution in [0.5, 0.6) is 0 Å². The summed E-state index contributed by atoms with van der Waals surface area (Å²) >= 11 is 0. The fraction of sp³-hybridized carbons (Fsp3) is 0.286. The van der Waals surface area contributed by atoms with E-state index in [2.05, 4.69) is 0 Å². The maximum atomic E-state index is 13.9. The van der Waals surface area contributed by atoms with Crippen molar-refractivity contribution in [2.75, 3.05) is 6.61 Å². The summed E-state index contributed by atoms with van der Waals surface area (Å²) in [6.07, 6.45) is -6.59. The highest BCUT2D eigenvalue weighted by molar-refractivity contribution is 5.86. The van der Waals surface area contributed by atoms with Gasteiger partial charge >= 0.3 is 0 Å². The number of benzene rings is 4. The number of Topliss-reactive ketones (excluding diaryl/α,β-unsaturated/α-hetero) is 1. The summed E-state index contributed by atoms with van der Waals surface area (Å²) in [5.41, 5.74) is 0.928. The lowest BCUT2D eigenvalue weighted by Gasteiger charge is -2.46. The molecule has 1 aliphatic carbocycles. The number of aliphatic hydroxyl groups is 1. The van der Waals surface area contributed by atoms with Crippen molar-refractivity contribution in [3.05, 3.63) is 144 Å². The first-order valence-corrected chi connectivity index (χ1v) is 13.7. The molecule has 0 aromatic heterocycles. The molecule has 41 heavy (non-hydrogen) atoms. The van der Waals surface area contributed by atoms with Gasteiger partial charge in [-0.15, -0.1) is 0 Å². The zero-order valence-corrected chi connectivity index (χ0v) is 22.8. The van der Waals surface area contributed by atoms with E-state index >= 15 is 0 Å². The van der Waals surface area contributed by atoms with Crippen molar-refractivity contribution in [1.29, 1.82) is 0 Å². The van der Waals surface area contributed by atoms with Gasteiger partial charge in [0.05, 0.1) is 33.0 Å².